The van der Waals surface area contributed by atoms with Gasteiger partial charge in [0.1, 0.15) is 12.1 Å². The fraction of sp³-hybridized carbons (Fsp3) is 0.550. The molecule has 0 spiro atoms. The van der Waals surface area contributed by atoms with Gasteiger partial charge in [0, 0.05) is 0 Å². The molecule has 1 rings (SSSR count). The molecule has 6 N–H and O–H groups in total. The lowest BCUT2D eigenvalue weighted by Crippen LogP contribution is -2.56. The molecule has 1 aromatic carbocycles. The first kappa shape index (κ1) is 27.2. The minimum Gasteiger partial charge on any atom is -0.368 e. The van der Waals surface area contributed by atoms with Crippen molar-refractivity contribution in [1.29, 1.82) is 0 Å². The van der Waals surface area contributed by atoms with Crippen LogP contribution in [0.25, 0.3) is 0 Å². The average molecular weight is 445 g/mol. The van der Waals surface area contributed by atoms with Gasteiger partial charge in [0.25, 0.3) is 0 Å². The van der Waals surface area contributed by atoms with E-state index in [2.05, 4.69) is 10.6 Å². The van der Waals surface area contributed by atoms with Crippen molar-refractivity contribution in [3.8, 4) is 0 Å². The van der Waals surface area contributed by atoms with Crippen molar-refractivity contribution < 1.29 is 14.4 Å². The van der Waals surface area contributed by atoms with E-state index in [0.717, 1.165) is 5.56 Å². The molecule has 0 aliphatic carbocycles. The lowest BCUT2D eigenvalue weighted by molar-refractivity contribution is -0.132. The lowest BCUT2D eigenvalue weighted by atomic mass is 10.0. The van der Waals surface area contributed by atoms with Gasteiger partial charge in [-0.25, -0.2) is 0 Å². The van der Waals surface area contributed by atoms with Crippen LogP contribution in [0.15, 0.2) is 30.3 Å². The maximum Gasteiger partial charge on any atom is 0.243 e. The molecule has 0 aliphatic heterocycles. The van der Waals surface area contributed by atoms with E-state index in [-0.39, 0.29) is 18.3 Å². The van der Waals surface area contributed by atoms with Crippen LogP contribution in [-0.4, -0.2) is 47.9 Å². The smallest absolute Gasteiger partial charge is 0.243 e. The van der Waals surface area contributed by atoms with Crippen molar-refractivity contribution >= 4 is 41.9 Å². The highest BCUT2D eigenvalue weighted by atomic mass is 35.5. The van der Waals surface area contributed by atoms with Crippen molar-refractivity contribution in [2.24, 2.45) is 17.4 Å². The molecule has 0 aliphatic rings. The number of hydrogen-bond acceptors (Lipinski definition) is 5. The molecule has 0 saturated carbocycles. The molecule has 0 heterocycles. The van der Waals surface area contributed by atoms with Gasteiger partial charge >= 0.3 is 0 Å². The fourth-order valence-corrected chi connectivity index (χ4v) is 3.21. The summed E-state index contributed by atoms with van der Waals surface area (Å²) in [6.45, 7) is 3.91. The number of thioether (sulfide) groups is 1. The van der Waals surface area contributed by atoms with Crippen LogP contribution in [0.1, 0.15) is 32.3 Å². The maximum absolute atomic E-state index is 12.7. The Bertz CT molecular complexity index is 646. The van der Waals surface area contributed by atoms with Crippen LogP contribution in [0.3, 0.4) is 0 Å². The molecule has 7 nitrogen and oxygen atoms in total. The van der Waals surface area contributed by atoms with E-state index in [1.807, 2.05) is 50.4 Å². The molecule has 0 unspecified atom stereocenters. The standard InChI is InChI=1S/C20H32N4O3S.ClH/c1-13(2)11-17(20(27)23-16(18(22)25)9-10-28-3)24-19(26)15(21)12-14-7-5-4-6-8-14;/h4-8,13,15-17H,9-12,21H2,1-3H3,(H2,22,25)(H,23,27)(H,24,26);1H/t15-,16+,17+;/m1./s1. The fourth-order valence-electron chi connectivity index (χ4n) is 2.74. The number of carbonyl (C=O) groups excluding carboxylic acids is 3. The number of carbonyl (C=O) groups is 3. The van der Waals surface area contributed by atoms with E-state index < -0.39 is 35.8 Å². The molecule has 9 heteroatoms. The van der Waals surface area contributed by atoms with Gasteiger partial charge in [-0.05, 0) is 42.8 Å². The Morgan fingerprint density at radius 2 is 1.62 bits per heavy atom. The summed E-state index contributed by atoms with van der Waals surface area (Å²) in [5.41, 5.74) is 12.4. The third-order valence-electron chi connectivity index (χ3n) is 4.25. The largest absolute Gasteiger partial charge is 0.368 e. The number of benzene rings is 1. The summed E-state index contributed by atoms with van der Waals surface area (Å²) in [6, 6.07) is 7.15. The molecule has 3 atom stereocenters. The number of hydrogen-bond donors (Lipinski definition) is 4. The van der Waals surface area contributed by atoms with Crippen molar-refractivity contribution in [3.05, 3.63) is 35.9 Å². The molecule has 0 aromatic heterocycles. The monoisotopic (exact) mass is 444 g/mol. The molecule has 0 saturated heterocycles. The first-order chi connectivity index (χ1) is 13.2. The molecule has 3 amide bonds. The van der Waals surface area contributed by atoms with Gasteiger partial charge in [-0.3, -0.25) is 14.4 Å². The van der Waals surface area contributed by atoms with E-state index in [0.29, 0.717) is 25.0 Å². The van der Waals surface area contributed by atoms with Gasteiger partial charge in [-0.2, -0.15) is 11.8 Å². The van der Waals surface area contributed by atoms with Gasteiger partial charge in [0.15, 0.2) is 0 Å². The van der Waals surface area contributed by atoms with E-state index in [1.165, 1.54) is 0 Å². The molecule has 164 valence electrons. The Labute approximate surface area is 183 Å². The van der Waals surface area contributed by atoms with Crippen LogP contribution >= 0.6 is 24.2 Å². The topological polar surface area (TPSA) is 127 Å². The molecule has 29 heavy (non-hydrogen) atoms. The van der Waals surface area contributed by atoms with Crippen LogP contribution in [-0.2, 0) is 20.8 Å². The summed E-state index contributed by atoms with van der Waals surface area (Å²) in [5.74, 6) is -0.544. The Kier molecular flexibility index (Phi) is 13.4. The highest BCUT2D eigenvalue weighted by Crippen LogP contribution is 2.08. The zero-order valence-electron chi connectivity index (χ0n) is 17.2. The zero-order valence-corrected chi connectivity index (χ0v) is 18.9. The first-order valence-electron chi connectivity index (χ1n) is 9.43. The second-order valence-electron chi connectivity index (χ2n) is 7.23. The maximum atomic E-state index is 12.7. The first-order valence-corrected chi connectivity index (χ1v) is 10.8. The van der Waals surface area contributed by atoms with E-state index >= 15 is 0 Å². The van der Waals surface area contributed by atoms with Gasteiger partial charge in [-0.15, -0.1) is 12.4 Å². The normalized spacial score (nSPS) is 13.7. The second-order valence-corrected chi connectivity index (χ2v) is 8.22. The average Bonchev–Trinajstić information content (AvgIpc) is 2.64. The van der Waals surface area contributed by atoms with E-state index in [4.69, 9.17) is 11.5 Å². The quantitative estimate of drug-likeness (QED) is 0.385. The Hall–Kier alpha value is -1.77. The summed E-state index contributed by atoms with van der Waals surface area (Å²) in [7, 11) is 0. The number of primary amides is 1. The number of nitrogens with two attached hydrogens (primary N) is 2. The summed E-state index contributed by atoms with van der Waals surface area (Å²) in [6.07, 6.45) is 3.16. The van der Waals surface area contributed by atoms with Crippen LogP contribution < -0.4 is 22.1 Å². The Balaban J connectivity index is 0.00000784. The molecule has 0 bridgehead atoms. The summed E-state index contributed by atoms with van der Waals surface area (Å²) in [5, 5.41) is 5.40. The summed E-state index contributed by atoms with van der Waals surface area (Å²) in [4.78, 5) is 36.8. The highest BCUT2D eigenvalue weighted by Gasteiger charge is 2.27. The molecule has 0 radical (unpaired) electrons. The van der Waals surface area contributed by atoms with Crippen LogP contribution in [0.2, 0.25) is 0 Å². The minimum absolute atomic E-state index is 0. The zero-order chi connectivity index (χ0) is 21.1. The number of amides is 3. The van der Waals surface area contributed by atoms with E-state index in [9.17, 15) is 14.4 Å². The summed E-state index contributed by atoms with van der Waals surface area (Å²) >= 11 is 1.56. The summed E-state index contributed by atoms with van der Waals surface area (Å²) < 4.78 is 0. The predicted octanol–water partition coefficient (Wildman–Crippen LogP) is 1.23. The van der Waals surface area contributed by atoms with Gasteiger partial charge in [-0.1, -0.05) is 44.2 Å². The second kappa shape index (κ2) is 14.3. The van der Waals surface area contributed by atoms with Gasteiger partial charge < -0.3 is 22.1 Å². The van der Waals surface area contributed by atoms with Crippen molar-refractivity contribution in [2.75, 3.05) is 12.0 Å². The van der Waals surface area contributed by atoms with E-state index in [1.54, 1.807) is 11.8 Å². The van der Waals surface area contributed by atoms with Crippen LogP contribution in [0.4, 0.5) is 0 Å². The molecule has 1 aromatic rings. The number of halogens is 1. The highest BCUT2D eigenvalue weighted by molar-refractivity contribution is 7.98. The van der Waals surface area contributed by atoms with Crippen LogP contribution in [0, 0.1) is 5.92 Å². The minimum atomic E-state index is -0.773. The Morgan fingerprint density at radius 3 is 2.14 bits per heavy atom. The number of nitrogens with one attached hydrogen (secondary N) is 2. The molecular formula is C20H33ClN4O3S. The van der Waals surface area contributed by atoms with Gasteiger partial charge in [0.05, 0.1) is 6.04 Å². The Morgan fingerprint density at radius 1 is 1.03 bits per heavy atom. The third kappa shape index (κ3) is 10.5. The third-order valence-corrected chi connectivity index (χ3v) is 4.89. The predicted molar refractivity (Wildman–Crippen MR) is 121 cm³/mol. The number of rotatable bonds is 12. The SMILES string of the molecule is CSCC[C@H](NC(=O)[C@H](CC(C)C)NC(=O)[C@H](N)Cc1ccccc1)C(N)=O.Cl. The lowest BCUT2D eigenvalue weighted by Gasteiger charge is -2.24. The molecular weight excluding hydrogens is 412 g/mol. The van der Waals surface area contributed by atoms with Crippen molar-refractivity contribution in [1.82, 2.24) is 10.6 Å². The van der Waals surface area contributed by atoms with Crippen LogP contribution in [0.5, 0.6) is 0 Å². The molecule has 0 fully saturated rings. The van der Waals surface area contributed by atoms with Gasteiger partial charge in [0.2, 0.25) is 17.7 Å². The van der Waals surface area contributed by atoms with Crippen molar-refractivity contribution in [2.45, 2.75) is 51.2 Å². The van der Waals surface area contributed by atoms with Crippen molar-refractivity contribution in [3.63, 3.8) is 0 Å².